The average molecular weight is 233 g/mol. The first kappa shape index (κ1) is 15.8. The first-order valence-electron chi connectivity index (χ1n) is 6.23. The van der Waals surface area contributed by atoms with Gasteiger partial charge in [0.25, 0.3) is 0 Å². The minimum Gasteiger partial charge on any atom is -0.395 e. The van der Waals surface area contributed by atoms with Crippen molar-refractivity contribution < 1.29 is 14.6 Å². The summed E-state index contributed by atoms with van der Waals surface area (Å²) < 4.78 is 10.8. The monoisotopic (exact) mass is 233 g/mol. The van der Waals surface area contributed by atoms with Crippen molar-refractivity contribution in [2.75, 3.05) is 33.0 Å². The van der Waals surface area contributed by atoms with Crippen molar-refractivity contribution in [2.24, 2.45) is 0 Å². The zero-order chi connectivity index (χ0) is 12.2. The molecule has 0 aliphatic rings. The Kier molecular flexibility index (Phi) is 11.2. The van der Waals surface area contributed by atoms with E-state index >= 15 is 0 Å². The molecule has 0 saturated heterocycles. The van der Waals surface area contributed by atoms with E-state index in [2.05, 4.69) is 26.1 Å². The molecule has 0 aromatic heterocycles. The third-order valence-corrected chi connectivity index (χ3v) is 2.12. The van der Waals surface area contributed by atoms with Gasteiger partial charge in [0.1, 0.15) is 0 Å². The average Bonchev–Trinajstić information content (AvgIpc) is 2.25. The maximum Gasteiger partial charge on any atom is 0.0701 e. The summed E-state index contributed by atoms with van der Waals surface area (Å²) in [6.07, 6.45) is 2.26. The van der Waals surface area contributed by atoms with E-state index in [1.54, 1.807) is 0 Å². The van der Waals surface area contributed by atoms with Gasteiger partial charge >= 0.3 is 0 Å². The molecule has 0 aromatic rings. The second kappa shape index (κ2) is 11.3. The van der Waals surface area contributed by atoms with Gasteiger partial charge in [-0.1, -0.05) is 27.2 Å². The summed E-state index contributed by atoms with van der Waals surface area (Å²) in [6, 6.07) is 0.386. The van der Waals surface area contributed by atoms with E-state index in [9.17, 15) is 0 Å². The van der Waals surface area contributed by atoms with Crippen molar-refractivity contribution in [1.29, 1.82) is 0 Å². The molecule has 0 radical (unpaired) electrons. The maximum absolute atomic E-state index is 9.07. The Morgan fingerprint density at radius 2 is 1.81 bits per heavy atom. The van der Waals surface area contributed by atoms with E-state index in [4.69, 9.17) is 14.6 Å². The number of rotatable bonds is 11. The SMILES string of the molecule is CCCCOCCOCC(CO)NC(C)C. The minimum absolute atomic E-state index is 0.0237. The third kappa shape index (κ3) is 10.4. The summed E-state index contributed by atoms with van der Waals surface area (Å²) in [5.74, 6) is 0. The van der Waals surface area contributed by atoms with Gasteiger partial charge in [0.05, 0.1) is 32.5 Å². The molecule has 0 amide bonds. The van der Waals surface area contributed by atoms with Crippen molar-refractivity contribution in [3.05, 3.63) is 0 Å². The van der Waals surface area contributed by atoms with Crippen molar-refractivity contribution in [1.82, 2.24) is 5.32 Å². The lowest BCUT2D eigenvalue weighted by Gasteiger charge is -2.18. The maximum atomic E-state index is 9.07. The summed E-state index contributed by atoms with van der Waals surface area (Å²) in [6.45, 7) is 8.93. The van der Waals surface area contributed by atoms with Gasteiger partial charge in [-0.15, -0.1) is 0 Å². The Bertz CT molecular complexity index is 142. The molecule has 2 N–H and O–H groups in total. The summed E-state index contributed by atoms with van der Waals surface area (Å²) in [7, 11) is 0. The first-order chi connectivity index (χ1) is 7.70. The lowest BCUT2D eigenvalue weighted by molar-refractivity contribution is 0.0299. The van der Waals surface area contributed by atoms with Crippen molar-refractivity contribution in [3.8, 4) is 0 Å². The van der Waals surface area contributed by atoms with Crippen LogP contribution in [-0.2, 0) is 9.47 Å². The van der Waals surface area contributed by atoms with Gasteiger partial charge in [-0.3, -0.25) is 0 Å². The van der Waals surface area contributed by atoms with Crippen LogP contribution in [0.4, 0.5) is 0 Å². The molecule has 0 heterocycles. The molecule has 0 saturated carbocycles. The first-order valence-corrected chi connectivity index (χ1v) is 6.23. The number of ether oxygens (including phenoxy) is 2. The minimum atomic E-state index is 0.0237. The lowest BCUT2D eigenvalue weighted by Crippen LogP contribution is -2.41. The molecule has 1 atom stereocenters. The highest BCUT2D eigenvalue weighted by atomic mass is 16.5. The second-order valence-corrected chi connectivity index (χ2v) is 4.24. The summed E-state index contributed by atoms with van der Waals surface area (Å²) in [5.41, 5.74) is 0. The Balaban J connectivity index is 3.27. The fraction of sp³-hybridized carbons (Fsp3) is 1.00. The normalized spacial score (nSPS) is 13.3. The van der Waals surface area contributed by atoms with Gasteiger partial charge in [-0.2, -0.15) is 0 Å². The zero-order valence-electron chi connectivity index (χ0n) is 10.9. The molecule has 0 aliphatic heterocycles. The van der Waals surface area contributed by atoms with Gasteiger partial charge in [0.2, 0.25) is 0 Å². The molecule has 98 valence electrons. The standard InChI is InChI=1S/C12H27NO3/c1-4-5-6-15-7-8-16-10-12(9-14)13-11(2)3/h11-14H,4-10H2,1-3H3. The van der Waals surface area contributed by atoms with Crippen LogP contribution in [0.15, 0.2) is 0 Å². The third-order valence-electron chi connectivity index (χ3n) is 2.12. The van der Waals surface area contributed by atoms with E-state index in [-0.39, 0.29) is 12.6 Å². The smallest absolute Gasteiger partial charge is 0.0701 e. The number of hydrogen-bond donors (Lipinski definition) is 2. The number of aliphatic hydroxyl groups is 1. The number of nitrogens with one attached hydrogen (secondary N) is 1. The van der Waals surface area contributed by atoms with Gasteiger partial charge in [0.15, 0.2) is 0 Å². The van der Waals surface area contributed by atoms with Crippen LogP contribution in [0.3, 0.4) is 0 Å². The van der Waals surface area contributed by atoms with Crippen molar-refractivity contribution in [3.63, 3.8) is 0 Å². The van der Waals surface area contributed by atoms with Crippen LogP contribution < -0.4 is 5.32 Å². The molecule has 0 bridgehead atoms. The fourth-order valence-corrected chi connectivity index (χ4v) is 1.32. The molecule has 0 aromatic carbocycles. The highest BCUT2D eigenvalue weighted by Gasteiger charge is 2.07. The Morgan fingerprint density at radius 1 is 1.12 bits per heavy atom. The molecule has 0 spiro atoms. The Labute approximate surface area is 99.3 Å². The number of aliphatic hydroxyl groups excluding tert-OH is 1. The predicted molar refractivity (Wildman–Crippen MR) is 65.7 cm³/mol. The van der Waals surface area contributed by atoms with E-state index < -0.39 is 0 Å². The topological polar surface area (TPSA) is 50.7 Å². The lowest BCUT2D eigenvalue weighted by atomic mass is 10.3. The highest BCUT2D eigenvalue weighted by Crippen LogP contribution is 1.91. The summed E-state index contributed by atoms with van der Waals surface area (Å²) in [4.78, 5) is 0. The van der Waals surface area contributed by atoms with Crippen molar-refractivity contribution >= 4 is 0 Å². The zero-order valence-corrected chi connectivity index (χ0v) is 10.9. The van der Waals surface area contributed by atoms with Crippen LogP contribution in [0.5, 0.6) is 0 Å². The number of unbranched alkanes of at least 4 members (excludes halogenated alkanes) is 1. The van der Waals surface area contributed by atoms with E-state index in [1.807, 2.05) is 0 Å². The van der Waals surface area contributed by atoms with E-state index in [0.29, 0.717) is 25.9 Å². The summed E-state index contributed by atoms with van der Waals surface area (Å²) >= 11 is 0. The molecule has 1 unspecified atom stereocenters. The van der Waals surface area contributed by atoms with Crippen LogP contribution in [-0.4, -0.2) is 50.2 Å². The van der Waals surface area contributed by atoms with Crippen LogP contribution in [0.25, 0.3) is 0 Å². The Hall–Kier alpha value is -0.160. The van der Waals surface area contributed by atoms with E-state index in [0.717, 1.165) is 19.4 Å². The van der Waals surface area contributed by atoms with Gasteiger partial charge in [-0.25, -0.2) is 0 Å². The largest absolute Gasteiger partial charge is 0.395 e. The molecule has 0 aliphatic carbocycles. The highest BCUT2D eigenvalue weighted by molar-refractivity contribution is 4.66. The quantitative estimate of drug-likeness (QED) is 0.526. The van der Waals surface area contributed by atoms with Crippen LogP contribution in [0, 0.1) is 0 Å². The predicted octanol–water partition coefficient (Wildman–Crippen LogP) is 1.18. The fourth-order valence-electron chi connectivity index (χ4n) is 1.32. The second-order valence-electron chi connectivity index (χ2n) is 4.24. The van der Waals surface area contributed by atoms with Gasteiger partial charge < -0.3 is 19.9 Å². The van der Waals surface area contributed by atoms with Gasteiger partial charge in [0, 0.05) is 12.6 Å². The van der Waals surface area contributed by atoms with Crippen LogP contribution in [0.1, 0.15) is 33.6 Å². The molecule has 0 rings (SSSR count). The van der Waals surface area contributed by atoms with E-state index in [1.165, 1.54) is 0 Å². The van der Waals surface area contributed by atoms with Crippen LogP contribution >= 0.6 is 0 Å². The molecule has 0 fully saturated rings. The van der Waals surface area contributed by atoms with Crippen LogP contribution in [0.2, 0.25) is 0 Å². The molecule has 4 nitrogen and oxygen atoms in total. The number of hydrogen-bond acceptors (Lipinski definition) is 4. The molecule has 4 heteroatoms. The summed E-state index contributed by atoms with van der Waals surface area (Å²) in [5, 5.41) is 12.3. The molecule has 16 heavy (non-hydrogen) atoms. The molecular weight excluding hydrogens is 206 g/mol. The van der Waals surface area contributed by atoms with Gasteiger partial charge in [-0.05, 0) is 6.42 Å². The van der Waals surface area contributed by atoms with Crippen molar-refractivity contribution in [2.45, 2.75) is 45.7 Å². The Morgan fingerprint density at radius 3 is 2.38 bits per heavy atom. The molecular formula is C12H27NO3.